The molecule has 4 nitrogen and oxygen atoms in total. The van der Waals surface area contributed by atoms with E-state index in [0.717, 1.165) is 10.9 Å². The lowest BCUT2D eigenvalue weighted by atomic mass is 10.0. The Hall–Kier alpha value is -2.27. The predicted molar refractivity (Wildman–Crippen MR) is 86.8 cm³/mol. The largest absolute Gasteiger partial charge is 0.496 e. The molecule has 0 atom stereocenters. The third kappa shape index (κ3) is 2.29. The molecule has 0 saturated heterocycles. The van der Waals surface area contributed by atoms with Gasteiger partial charge in [0.2, 0.25) is 0 Å². The Labute approximate surface area is 130 Å². The van der Waals surface area contributed by atoms with Gasteiger partial charge in [0.15, 0.2) is 5.78 Å². The maximum absolute atomic E-state index is 12.8. The van der Waals surface area contributed by atoms with Crippen LogP contribution in [0.4, 0.5) is 5.69 Å². The molecule has 3 aromatic rings. The van der Waals surface area contributed by atoms with Gasteiger partial charge in [0.1, 0.15) is 5.75 Å². The van der Waals surface area contributed by atoms with Crippen molar-refractivity contribution in [1.29, 1.82) is 0 Å². The quantitative estimate of drug-likeness (QED) is 0.561. The van der Waals surface area contributed by atoms with Crippen LogP contribution in [-0.4, -0.2) is 17.9 Å². The minimum Gasteiger partial charge on any atom is -0.496 e. The zero-order chi connectivity index (χ0) is 15.0. The minimum atomic E-state index is -0.107. The summed E-state index contributed by atoms with van der Waals surface area (Å²) >= 11 is 3.40. The maximum atomic E-state index is 12.8. The van der Waals surface area contributed by atoms with E-state index in [1.807, 2.05) is 18.2 Å². The Bertz CT molecular complexity index is 839. The lowest BCUT2D eigenvalue weighted by molar-refractivity contribution is 0.103. The highest BCUT2D eigenvalue weighted by molar-refractivity contribution is 9.10. The van der Waals surface area contributed by atoms with E-state index in [1.54, 1.807) is 31.5 Å². The van der Waals surface area contributed by atoms with Crippen LogP contribution in [-0.2, 0) is 0 Å². The number of fused-ring (bicyclic) bond motifs is 1. The third-order valence-corrected chi connectivity index (χ3v) is 4.06. The average molecular weight is 345 g/mol. The van der Waals surface area contributed by atoms with Crippen LogP contribution in [0.3, 0.4) is 0 Å². The summed E-state index contributed by atoms with van der Waals surface area (Å²) in [7, 11) is 1.59. The van der Waals surface area contributed by atoms with Crippen LogP contribution >= 0.6 is 15.9 Å². The average Bonchev–Trinajstić information content (AvgIpc) is 2.93. The number of anilines is 1. The highest BCUT2D eigenvalue weighted by Gasteiger charge is 2.19. The van der Waals surface area contributed by atoms with E-state index < -0.39 is 0 Å². The molecular weight excluding hydrogens is 332 g/mol. The molecule has 0 bridgehead atoms. The second-order valence-electron chi connectivity index (χ2n) is 4.65. The first-order valence-electron chi connectivity index (χ1n) is 6.35. The molecule has 1 heterocycles. The van der Waals surface area contributed by atoms with Crippen molar-refractivity contribution in [2.45, 2.75) is 0 Å². The Balaban J connectivity index is 2.20. The topological polar surface area (TPSA) is 68.1 Å². The molecule has 3 rings (SSSR count). The summed E-state index contributed by atoms with van der Waals surface area (Å²) in [6.07, 6.45) is 1.70. The number of methoxy groups -OCH3 is 1. The van der Waals surface area contributed by atoms with Gasteiger partial charge in [-0.2, -0.15) is 0 Å². The fourth-order valence-corrected chi connectivity index (χ4v) is 2.79. The molecule has 2 aromatic carbocycles. The molecule has 106 valence electrons. The fourth-order valence-electron chi connectivity index (χ4n) is 2.36. The summed E-state index contributed by atoms with van der Waals surface area (Å²) in [5, 5.41) is 0.777. The number of ketones is 1. The van der Waals surface area contributed by atoms with Gasteiger partial charge in [-0.25, -0.2) is 0 Å². The van der Waals surface area contributed by atoms with Crippen molar-refractivity contribution in [1.82, 2.24) is 4.98 Å². The van der Waals surface area contributed by atoms with Crippen molar-refractivity contribution >= 4 is 38.3 Å². The smallest absolute Gasteiger partial charge is 0.196 e. The molecule has 0 saturated carbocycles. The van der Waals surface area contributed by atoms with Gasteiger partial charge in [0.05, 0.1) is 18.1 Å². The molecular formula is C16H13BrN2O2. The van der Waals surface area contributed by atoms with Gasteiger partial charge in [0, 0.05) is 27.4 Å². The van der Waals surface area contributed by atoms with Gasteiger partial charge in [-0.3, -0.25) is 4.79 Å². The number of nitrogen functional groups attached to an aromatic ring is 1. The van der Waals surface area contributed by atoms with E-state index >= 15 is 0 Å². The monoisotopic (exact) mass is 344 g/mol. The van der Waals surface area contributed by atoms with Gasteiger partial charge in [-0.15, -0.1) is 0 Å². The SMILES string of the molecule is COc1cccc2[nH]cc(C(=O)c3cc(N)ccc3Br)c12. The third-order valence-electron chi connectivity index (χ3n) is 3.37. The van der Waals surface area contributed by atoms with Gasteiger partial charge in [-0.1, -0.05) is 22.0 Å². The molecule has 0 amide bonds. The number of ether oxygens (including phenoxy) is 1. The van der Waals surface area contributed by atoms with Crippen LogP contribution in [0.5, 0.6) is 5.75 Å². The van der Waals surface area contributed by atoms with Crippen molar-refractivity contribution in [3.05, 3.63) is 58.2 Å². The number of carbonyl (C=O) groups is 1. The molecule has 0 fully saturated rings. The first-order chi connectivity index (χ1) is 10.1. The Morgan fingerprint density at radius 3 is 2.81 bits per heavy atom. The summed E-state index contributed by atoms with van der Waals surface area (Å²) in [6.45, 7) is 0. The van der Waals surface area contributed by atoms with Crippen molar-refractivity contribution in [3.8, 4) is 5.75 Å². The minimum absolute atomic E-state index is 0.107. The van der Waals surface area contributed by atoms with E-state index in [2.05, 4.69) is 20.9 Å². The fraction of sp³-hybridized carbons (Fsp3) is 0.0625. The number of rotatable bonds is 3. The van der Waals surface area contributed by atoms with Gasteiger partial charge >= 0.3 is 0 Å². The molecule has 0 aliphatic carbocycles. The second kappa shape index (κ2) is 5.26. The Kier molecular flexibility index (Phi) is 3.43. The lowest BCUT2D eigenvalue weighted by Gasteiger charge is -2.06. The van der Waals surface area contributed by atoms with Crippen molar-refractivity contribution in [2.75, 3.05) is 12.8 Å². The normalized spacial score (nSPS) is 10.8. The van der Waals surface area contributed by atoms with Crippen LogP contribution < -0.4 is 10.5 Å². The van der Waals surface area contributed by atoms with Crippen molar-refractivity contribution in [3.63, 3.8) is 0 Å². The number of halogens is 1. The first kappa shape index (κ1) is 13.7. The Morgan fingerprint density at radius 1 is 1.24 bits per heavy atom. The number of aromatic amines is 1. The molecule has 0 aliphatic rings. The number of hydrogen-bond donors (Lipinski definition) is 2. The van der Waals surface area contributed by atoms with E-state index in [0.29, 0.717) is 27.0 Å². The van der Waals surface area contributed by atoms with E-state index in [9.17, 15) is 4.79 Å². The molecule has 0 aliphatic heterocycles. The van der Waals surface area contributed by atoms with E-state index in [-0.39, 0.29) is 5.78 Å². The zero-order valence-corrected chi connectivity index (χ0v) is 12.9. The summed E-state index contributed by atoms with van der Waals surface area (Å²) in [4.78, 5) is 15.9. The van der Waals surface area contributed by atoms with E-state index in [1.165, 1.54) is 0 Å². The van der Waals surface area contributed by atoms with Crippen molar-refractivity contribution < 1.29 is 9.53 Å². The highest BCUT2D eigenvalue weighted by atomic mass is 79.9. The van der Waals surface area contributed by atoms with Gasteiger partial charge in [-0.05, 0) is 30.3 Å². The summed E-state index contributed by atoms with van der Waals surface area (Å²) in [5.74, 6) is 0.557. The summed E-state index contributed by atoms with van der Waals surface area (Å²) in [5.41, 5.74) is 8.28. The number of carbonyl (C=O) groups excluding carboxylic acids is 1. The molecule has 5 heteroatoms. The maximum Gasteiger partial charge on any atom is 0.196 e. The van der Waals surface area contributed by atoms with Gasteiger partial charge in [0.25, 0.3) is 0 Å². The van der Waals surface area contributed by atoms with Crippen LogP contribution in [0.2, 0.25) is 0 Å². The highest BCUT2D eigenvalue weighted by Crippen LogP contribution is 2.31. The molecule has 3 N–H and O–H groups in total. The second-order valence-corrected chi connectivity index (χ2v) is 5.51. The molecule has 0 radical (unpaired) electrons. The molecule has 1 aromatic heterocycles. The number of nitrogens with one attached hydrogen (secondary N) is 1. The summed E-state index contributed by atoms with van der Waals surface area (Å²) in [6, 6.07) is 10.8. The van der Waals surface area contributed by atoms with Crippen LogP contribution in [0.25, 0.3) is 10.9 Å². The van der Waals surface area contributed by atoms with Crippen molar-refractivity contribution in [2.24, 2.45) is 0 Å². The molecule has 0 unspecified atom stereocenters. The number of H-pyrrole nitrogens is 1. The Morgan fingerprint density at radius 2 is 2.05 bits per heavy atom. The van der Waals surface area contributed by atoms with Crippen LogP contribution in [0, 0.1) is 0 Å². The molecule has 0 spiro atoms. The number of nitrogens with two attached hydrogens (primary N) is 1. The molecule has 21 heavy (non-hydrogen) atoms. The lowest BCUT2D eigenvalue weighted by Crippen LogP contribution is -2.03. The van der Waals surface area contributed by atoms with Crippen LogP contribution in [0.15, 0.2) is 47.1 Å². The zero-order valence-electron chi connectivity index (χ0n) is 11.3. The number of benzene rings is 2. The van der Waals surface area contributed by atoms with Gasteiger partial charge < -0.3 is 15.5 Å². The number of hydrogen-bond acceptors (Lipinski definition) is 3. The van der Waals surface area contributed by atoms with Crippen LogP contribution in [0.1, 0.15) is 15.9 Å². The van der Waals surface area contributed by atoms with E-state index in [4.69, 9.17) is 10.5 Å². The standard InChI is InChI=1S/C16H13BrN2O2/c1-21-14-4-2-3-13-15(14)11(8-19-13)16(20)10-7-9(18)5-6-12(10)17/h2-8,19H,18H2,1H3. The summed E-state index contributed by atoms with van der Waals surface area (Å²) < 4.78 is 6.07. The first-order valence-corrected chi connectivity index (χ1v) is 7.15. The number of aromatic nitrogens is 1. The predicted octanol–water partition coefficient (Wildman–Crippen LogP) is 3.75.